The average Bonchev–Trinajstić information content (AvgIpc) is 2.49. The molecule has 0 unspecified atom stereocenters. The van der Waals surface area contributed by atoms with Crippen LogP contribution in [0.25, 0.3) is 0 Å². The third-order valence-electron chi connectivity index (χ3n) is 2.91. The quantitative estimate of drug-likeness (QED) is 0.877. The van der Waals surface area contributed by atoms with Gasteiger partial charge in [-0.15, -0.1) is 0 Å². The van der Waals surface area contributed by atoms with E-state index in [9.17, 15) is 17.6 Å². The van der Waals surface area contributed by atoms with Crippen molar-refractivity contribution in [3.05, 3.63) is 48.3 Å². The first-order valence-corrected chi connectivity index (χ1v) is 8.05. The Morgan fingerprint density at radius 2 is 1.83 bits per heavy atom. The predicted molar refractivity (Wildman–Crippen MR) is 84.5 cm³/mol. The molecule has 2 aromatic rings. The van der Waals surface area contributed by atoms with Crippen molar-refractivity contribution < 1.29 is 22.3 Å². The Morgan fingerprint density at radius 1 is 1.13 bits per heavy atom. The van der Waals surface area contributed by atoms with E-state index in [2.05, 4.69) is 10.0 Å². The maximum Gasteiger partial charge on any atom is 0.262 e. The number of nitrogens with one attached hydrogen (secondary N) is 2. The lowest BCUT2D eigenvalue weighted by Crippen LogP contribution is -2.15. The van der Waals surface area contributed by atoms with Gasteiger partial charge in [0.15, 0.2) is 0 Å². The number of sulfonamides is 1. The highest BCUT2D eigenvalue weighted by Crippen LogP contribution is 2.28. The van der Waals surface area contributed by atoms with Gasteiger partial charge in [-0.2, -0.15) is 0 Å². The molecule has 0 aliphatic carbocycles. The fourth-order valence-corrected chi connectivity index (χ4v) is 2.98. The number of benzene rings is 2. The molecule has 0 aromatic heterocycles. The number of rotatable bonds is 5. The van der Waals surface area contributed by atoms with E-state index in [1.165, 1.54) is 50.4 Å². The molecule has 122 valence electrons. The van der Waals surface area contributed by atoms with Gasteiger partial charge in [-0.3, -0.25) is 9.52 Å². The van der Waals surface area contributed by atoms with E-state index in [1.54, 1.807) is 0 Å². The summed E-state index contributed by atoms with van der Waals surface area (Å²) >= 11 is 0. The molecule has 0 spiro atoms. The Bertz CT molecular complexity index is 837. The Kier molecular flexibility index (Phi) is 4.85. The summed E-state index contributed by atoms with van der Waals surface area (Å²) in [4.78, 5) is 11.1. The molecule has 0 atom stereocenters. The molecule has 2 rings (SSSR count). The van der Waals surface area contributed by atoms with Gasteiger partial charge in [-0.1, -0.05) is 12.1 Å². The molecule has 2 aromatic carbocycles. The number of ether oxygens (including phenoxy) is 1. The second-order valence-corrected chi connectivity index (χ2v) is 6.31. The van der Waals surface area contributed by atoms with E-state index in [4.69, 9.17) is 4.74 Å². The highest BCUT2D eigenvalue weighted by atomic mass is 32.2. The lowest BCUT2D eigenvalue weighted by Gasteiger charge is -2.13. The number of amides is 1. The summed E-state index contributed by atoms with van der Waals surface area (Å²) in [5, 5.41) is 2.48. The van der Waals surface area contributed by atoms with Crippen LogP contribution < -0.4 is 14.8 Å². The Labute approximate surface area is 133 Å². The van der Waals surface area contributed by atoms with Crippen LogP contribution in [0.5, 0.6) is 5.75 Å². The smallest absolute Gasteiger partial charge is 0.262 e. The number of carbonyl (C=O) groups excluding carboxylic acids is 1. The first-order chi connectivity index (χ1) is 10.8. The molecule has 0 saturated carbocycles. The van der Waals surface area contributed by atoms with Crippen molar-refractivity contribution in [3.8, 4) is 5.75 Å². The van der Waals surface area contributed by atoms with Crippen molar-refractivity contribution in [2.24, 2.45) is 0 Å². The molecule has 8 heteroatoms. The number of hydrogen-bond donors (Lipinski definition) is 2. The SMILES string of the molecule is COc1ccc(S(=O)(=O)Nc2ccccc2F)cc1NC(C)=O. The van der Waals surface area contributed by atoms with Gasteiger partial charge < -0.3 is 10.1 Å². The first kappa shape index (κ1) is 16.8. The molecule has 23 heavy (non-hydrogen) atoms. The van der Waals surface area contributed by atoms with E-state index in [0.717, 1.165) is 6.07 Å². The third-order valence-corrected chi connectivity index (χ3v) is 4.27. The normalized spacial score (nSPS) is 10.9. The molecule has 1 amide bonds. The summed E-state index contributed by atoms with van der Waals surface area (Å²) in [5.41, 5.74) is 0.0424. The van der Waals surface area contributed by atoms with Crippen molar-refractivity contribution >= 4 is 27.3 Å². The van der Waals surface area contributed by atoms with Gasteiger partial charge in [-0.25, -0.2) is 12.8 Å². The predicted octanol–water partition coefficient (Wildman–Crippen LogP) is 2.59. The summed E-state index contributed by atoms with van der Waals surface area (Å²) in [6.45, 7) is 1.29. The van der Waals surface area contributed by atoms with Crippen molar-refractivity contribution in [2.75, 3.05) is 17.1 Å². The van der Waals surface area contributed by atoms with E-state index in [-0.39, 0.29) is 22.2 Å². The van der Waals surface area contributed by atoms with Gasteiger partial charge in [0.1, 0.15) is 11.6 Å². The van der Waals surface area contributed by atoms with E-state index in [1.807, 2.05) is 0 Å². The van der Waals surface area contributed by atoms with Gasteiger partial charge in [0.2, 0.25) is 5.91 Å². The topological polar surface area (TPSA) is 84.5 Å². The monoisotopic (exact) mass is 338 g/mol. The van der Waals surface area contributed by atoms with Crippen molar-refractivity contribution in [2.45, 2.75) is 11.8 Å². The standard InChI is InChI=1S/C15H15FN2O4S/c1-10(19)17-14-9-11(7-8-15(14)22-2)23(20,21)18-13-6-4-3-5-12(13)16/h3-9,18H,1-2H3,(H,17,19). The maximum absolute atomic E-state index is 13.6. The number of anilines is 2. The van der Waals surface area contributed by atoms with Crippen LogP contribution in [-0.4, -0.2) is 21.4 Å². The zero-order chi connectivity index (χ0) is 17.0. The van der Waals surface area contributed by atoms with Crippen LogP contribution in [0.4, 0.5) is 15.8 Å². The molecule has 0 radical (unpaired) electrons. The van der Waals surface area contributed by atoms with Crippen molar-refractivity contribution in [3.63, 3.8) is 0 Å². The maximum atomic E-state index is 13.6. The summed E-state index contributed by atoms with van der Waals surface area (Å²) in [5.74, 6) is -0.753. The van der Waals surface area contributed by atoms with Crippen molar-refractivity contribution in [1.82, 2.24) is 0 Å². The van der Waals surface area contributed by atoms with Gasteiger partial charge >= 0.3 is 0 Å². The molecule has 2 N–H and O–H groups in total. The molecule has 0 aliphatic heterocycles. The fraction of sp³-hybridized carbons (Fsp3) is 0.133. The van der Waals surface area contributed by atoms with Crippen molar-refractivity contribution in [1.29, 1.82) is 0 Å². The van der Waals surface area contributed by atoms with E-state index in [0.29, 0.717) is 5.75 Å². The van der Waals surface area contributed by atoms with Crippen LogP contribution in [0.3, 0.4) is 0 Å². The van der Waals surface area contributed by atoms with E-state index >= 15 is 0 Å². The number of carbonyl (C=O) groups is 1. The van der Waals surface area contributed by atoms with Gasteiger partial charge in [0, 0.05) is 6.92 Å². The lowest BCUT2D eigenvalue weighted by atomic mass is 10.3. The molecule has 0 aliphatic rings. The second-order valence-electron chi connectivity index (χ2n) is 4.63. The average molecular weight is 338 g/mol. The molecule has 0 heterocycles. The summed E-state index contributed by atoms with van der Waals surface area (Å²) in [7, 11) is -2.62. The third kappa shape index (κ3) is 3.98. The Hall–Kier alpha value is -2.61. The van der Waals surface area contributed by atoms with Crippen LogP contribution in [0.1, 0.15) is 6.92 Å². The molecule has 6 nitrogen and oxygen atoms in total. The van der Waals surface area contributed by atoms with Crippen LogP contribution in [0, 0.1) is 5.82 Å². The van der Waals surface area contributed by atoms with Crippen LogP contribution in [-0.2, 0) is 14.8 Å². The minimum absolute atomic E-state index is 0.134. The highest BCUT2D eigenvalue weighted by Gasteiger charge is 2.18. The Balaban J connectivity index is 2.40. The summed E-state index contributed by atoms with van der Waals surface area (Å²) in [6, 6.07) is 9.37. The largest absolute Gasteiger partial charge is 0.495 e. The van der Waals surface area contributed by atoms with E-state index < -0.39 is 15.8 Å². The van der Waals surface area contributed by atoms with Gasteiger partial charge in [0.25, 0.3) is 10.0 Å². The molecular weight excluding hydrogens is 323 g/mol. The van der Waals surface area contributed by atoms with Crippen LogP contribution in [0.15, 0.2) is 47.4 Å². The zero-order valence-electron chi connectivity index (χ0n) is 12.5. The number of para-hydroxylation sites is 1. The molecule has 0 bridgehead atoms. The van der Waals surface area contributed by atoms with Gasteiger partial charge in [0.05, 0.1) is 23.4 Å². The van der Waals surface area contributed by atoms with Crippen LogP contribution >= 0.6 is 0 Å². The zero-order valence-corrected chi connectivity index (χ0v) is 13.3. The number of methoxy groups -OCH3 is 1. The Morgan fingerprint density at radius 3 is 2.43 bits per heavy atom. The number of hydrogen-bond acceptors (Lipinski definition) is 4. The molecule has 0 saturated heterocycles. The lowest BCUT2D eigenvalue weighted by molar-refractivity contribution is -0.114. The second kappa shape index (κ2) is 6.66. The fourth-order valence-electron chi connectivity index (χ4n) is 1.89. The molecule has 0 fully saturated rings. The summed E-state index contributed by atoms with van der Waals surface area (Å²) < 4.78 is 45.5. The van der Waals surface area contributed by atoms with Gasteiger partial charge in [-0.05, 0) is 30.3 Å². The first-order valence-electron chi connectivity index (χ1n) is 6.56. The minimum atomic E-state index is -4.02. The number of halogens is 1. The highest BCUT2D eigenvalue weighted by molar-refractivity contribution is 7.92. The van der Waals surface area contributed by atoms with Crippen LogP contribution in [0.2, 0.25) is 0 Å². The minimum Gasteiger partial charge on any atom is -0.495 e. The molecular formula is C15H15FN2O4S. The summed E-state index contributed by atoms with van der Waals surface area (Å²) in [6.07, 6.45) is 0.